The Hall–Kier alpha value is -1.27. The zero-order valence-corrected chi connectivity index (χ0v) is 13.7. The van der Waals surface area contributed by atoms with Gasteiger partial charge in [-0.15, -0.1) is 11.3 Å². The highest BCUT2D eigenvalue weighted by molar-refractivity contribution is 7.09. The lowest BCUT2D eigenvalue weighted by Crippen LogP contribution is -2.17. The van der Waals surface area contributed by atoms with Crippen LogP contribution in [0.2, 0.25) is 0 Å². The molecular weight excluding hydrogens is 272 g/mol. The minimum atomic E-state index is -0.442. The van der Waals surface area contributed by atoms with Gasteiger partial charge in [-0.05, 0) is 0 Å². The van der Waals surface area contributed by atoms with Crippen molar-refractivity contribution in [2.24, 2.45) is 5.73 Å². The number of nitrogens with zero attached hydrogens (tertiary/aromatic N) is 3. The molecule has 0 saturated carbocycles. The Morgan fingerprint density at radius 1 is 1.10 bits per heavy atom. The first kappa shape index (κ1) is 15.1. The molecule has 0 spiro atoms. The maximum Gasteiger partial charge on any atom is 0.232 e. The summed E-state index contributed by atoms with van der Waals surface area (Å²) in [6, 6.07) is -0.442. The van der Waals surface area contributed by atoms with Gasteiger partial charge in [-0.3, -0.25) is 0 Å². The molecule has 0 radical (unpaired) electrons. The standard InChI is InChI=1S/C14H22N4OS/c1-13(2,3)11-17-10(18-19-11)9(15)8-7-20-12(16-8)14(4,5)6/h7,9H,15H2,1-6H3. The highest BCUT2D eigenvalue weighted by atomic mass is 32.1. The fourth-order valence-corrected chi connectivity index (χ4v) is 2.51. The molecular formula is C14H22N4OS. The summed E-state index contributed by atoms with van der Waals surface area (Å²) < 4.78 is 5.28. The van der Waals surface area contributed by atoms with Gasteiger partial charge in [0.2, 0.25) is 5.89 Å². The first-order valence-corrected chi connectivity index (χ1v) is 7.52. The number of nitrogens with two attached hydrogens (primary N) is 1. The maximum absolute atomic E-state index is 6.19. The molecule has 2 rings (SSSR count). The van der Waals surface area contributed by atoms with Gasteiger partial charge in [0.1, 0.15) is 6.04 Å². The zero-order chi connectivity index (χ0) is 15.1. The van der Waals surface area contributed by atoms with Crippen LogP contribution < -0.4 is 5.73 Å². The zero-order valence-electron chi connectivity index (χ0n) is 12.9. The molecule has 6 heteroatoms. The van der Waals surface area contributed by atoms with Crippen LogP contribution in [0, 0.1) is 0 Å². The minimum Gasteiger partial charge on any atom is -0.339 e. The van der Waals surface area contributed by atoms with Gasteiger partial charge in [0.05, 0.1) is 10.7 Å². The van der Waals surface area contributed by atoms with E-state index in [-0.39, 0.29) is 10.8 Å². The second-order valence-electron chi connectivity index (χ2n) is 7.01. The van der Waals surface area contributed by atoms with Crippen molar-refractivity contribution < 1.29 is 4.52 Å². The van der Waals surface area contributed by atoms with Crippen molar-refractivity contribution in [1.29, 1.82) is 0 Å². The SMILES string of the molecule is CC(C)(C)c1nc(C(N)c2csc(C(C)(C)C)n2)no1. The molecule has 0 aliphatic heterocycles. The molecule has 0 bridgehead atoms. The molecule has 2 N–H and O–H groups in total. The molecule has 0 amide bonds. The molecule has 2 aromatic heterocycles. The van der Waals surface area contributed by atoms with Gasteiger partial charge in [0.15, 0.2) is 5.82 Å². The van der Waals surface area contributed by atoms with Crippen LogP contribution in [0.5, 0.6) is 0 Å². The molecule has 2 aromatic rings. The summed E-state index contributed by atoms with van der Waals surface area (Å²) in [7, 11) is 0. The second-order valence-corrected chi connectivity index (χ2v) is 7.87. The summed E-state index contributed by atoms with van der Waals surface area (Å²) in [6.07, 6.45) is 0. The molecule has 20 heavy (non-hydrogen) atoms. The van der Waals surface area contributed by atoms with Crippen molar-refractivity contribution in [2.45, 2.75) is 58.4 Å². The molecule has 0 aromatic carbocycles. The van der Waals surface area contributed by atoms with Gasteiger partial charge >= 0.3 is 0 Å². The third-order valence-electron chi connectivity index (χ3n) is 2.84. The van der Waals surface area contributed by atoms with Gasteiger partial charge in [0, 0.05) is 16.2 Å². The summed E-state index contributed by atoms with van der Waals surface area (Å²) in [5.74, 6) is 1.08. The summed E-state index contributed by atoms with van der Waals surface area (Å²) in [6.45, 7) is 12.5. The van der Waals surface area contributed by atoms with Crippen LogP contribution in [0.1, 0.15) is 70.0 Å². The third-order valence-corrected chi connectivity index (χ3v) is 4.13. The number of thiazole rings is 1. The molecule has 0 fully saturated rings. The van der Waals surface area contributed by atoms with Crippen LogP contribution >= 0.6 is 11.3 Å². The largest absolute Gasteiger partial charge is 0.339 e. The van der Waals surface area contributed by atoms with Crippen LogP contribution in [0.15, 0.2) is 9.90 Å². The number of rotatable bonds is 2. The molecule has 1 unspecified atom stereocenters. The van der Waals surface area contributed by atoms with E-state index in [1.54, 1.807) is 11.3 Å². The Morgan fingerprint density at radius 3 is 2.20 bits per heavy atom. The summed E-state index contributed by atoms with van der Waals surface area (Å²) in [5.41, 5.74) is 6.83. The fourth-order valence-electron chi connectivity index (χ4n) is 1.57. The summed E-state index contributed by atoms with van der Waals surface area (Å²) in [5, 5.41) is 7.01. The van der Waals surface area contributed by atoms with E-state index in [9.17, 15) is 0 Å². The van der Waals surface area contributed by atoms with Crippen LogP contribution in [-0.4, -0.2) is 15.1 Å². The van der Waals surface area contributed by atoms with E-state index in [0.29, 0.717) is 11.7 Å². The third kappa shape index (κ3) is 3.07. The lowest BCUT2D eigenvalue weighted by molar-refractivity contribution is 0.317. The first-order valence-electron chi connectivity index (χ1n) is 6.64. The van der Waals surface area contributed by atoms with Gasteiger partial charge in [-0.2, -0.15) is 4.98 Å². The van der Waals surface area contributed by atoms with Gasteiger partial charge in [-0.1, -0.05) is 46.7 Å². The van der Waals surface area contributed by atoms with Crippen molar-refractivity contribution in [1.82, 2.24) is 15.1 Å². The van der Waals surface area contributed by atoms with E-state index in [1.165, 1.54) is 0 Å². The van der Waals surface area contributed by atoms with Crippen molar-refractivity contribution in [3.8, 4) is 0 Å². The summed E-state index contributed by atoms with van der Waals surface area (Å²) >= 11 is 1.61. The van der Waals surface area contributed by atoms with E-state index >= 15 is 0 Å². The Morgan fingerprint density at radius 2 is 1.75 bits per heavy atom. The van der Waals surface area contributed by atoms with Crippen molar-refractivity contribution in [3.05, 3.63) is 27.8 Å². The molecule has 0 saturated heterocycles. The van der Waals surface area contributed by atoms with E-state index in [0.717, 1.165) is 10.7 Å². The van der Waals surface area contributed by atoms with E-state index in [1.807, 2.05) is 26.2 Å². The lowest BCUT2D eigenvalue weighted by Gasteiger charge is -2.13. The van der Waals surface area contributed by atoms with Crippen molar-refractivity contribution in [2.75, 3.05) is 0 Å². The van der Waals surface area contributed by atoms with E-state index in [2.05, 4.69) is 35.9 Å². The smallest absolute Gasteiger partial charge is 0.232 e. The van der Waals surface area contributed by atoms with Crippen LogP contribution in [0.25, 0.3) is 0 Å². The second kappa shape index (κ2) is 4.93. The molecule has 2 heterocycles. The first-order chi connectivity index (χ1) is 9.09. The van der Waals surface area contributed by atoms with Crippen LogP contribution in [0.4, 0.5) is 0 Å². The molecule has 5 nitrogen and oxygen atoms in total. The van der Waals surface area contributed by atoms with E-state index < -0.39 is 6.04 Å². The topological polar surface area (TPSA) is 77.8 Å². The maximum atomic E-state index is 6.19. The highest BCUT2D eigenvalue weighted by Gasteiger charge is 2.26. The van der Waals surface area contributed by atoms with E-state index in [4.69, 9.17) is 10.3 Å². The predicted molar refractivity (Wildman–Crippen MR) is 79.8 cm³/mol. The Balaban J connectivity index is 2.25. The quantitative estimate of drug-likeness (QED) is 0.920. The van der Waals surface area contributed by atoms with Crippen LogP contribution in [-0.2, 0) is 10.8 Å². The average Bonchev–Trinajstić information content (AvgIpc) is 2.96. The Labute approximate surface area is 123 Å². The molecule has 0 aliphatic carbocycles. The van der Waals surface area contributed by atoms with Crippen molar-refractivity contribution >= 4 is 11.3 Å². The van der Waals surface area contributed by atoms with Gasteiger partial charge in [-0.25, -0.2) is 4.98 Å². The van der Waals surface area contributed by atoms with Gasteiger partial charge < -0.3 is 10.3 Å². The number of hydrogen-bond donors (Lipinski definition) is 1. The fraction of sp³-hybridized carbons (Fsp3) is 0.643. The number of aromatic nitrogens is 3. The Kier molecular flexibility index (Phi) is 3.73. The predicted octanol–water partition coefficient (Wildman–Crippen LogP) is 3.17. The highest BCUT2D eigenvalue weighted by Crippen LogP contribution is 2.29. The Bertz CT molecular complexity index is 537. The number of hydrogen-bond acceptors (Lipinski definition) is 6. The molecule has 0 aliphatic rings. The van der Waals surface area contributed by atoms with Crippen LogP contribution in [0.3, 0.4) is 0 Å². The van der Waals surface area contributed by atoms with Gasteiger partial charge in [0.25, 0.3) is 0 Å². The average molecular weight is 294 g/mol. The normalized spacial score (nSPS) is 14.6. The minimum absolute atomic E-state index is 0.0243. The lowest BCUT2D eigenvalue weighted by atomic mass is 9.97. The summed E-state index contributed by atoms with van der Waals surface area (Å²) in [4.78, 5) is 8.99. The van der Waals surface area contributed by atoms with Crippen molar-refractivity contribution in [3.63, 3.8) is 0 Å². The molecule has 110 valence electrons. The monoisotopic (exact) mass is 294 g/mol. The molecule has 1 atom stereocenters.